The molecule has 0 bridgehead atoms. The van der Waals surface area contributed by atoms with Crippen molar-refractivity contribution in [3.05, 3.63) is 71.2 Å². The molecule has 0 spiro atoms. The van der Waals surface area contributed by atoms with Crippen molar-refractivity contribution >= 4 is 10.9 Å². The van der Waals surface area contributed by atoms with Gasteiger partial charge in [0.05, 0.1) is 24.6 Å². The Kier molecular flexibility index (Phi) is 5.63. The Balaban J connectivity index is 1.59. The SMILES string of the molecule is CCCc1cc(OC)c2cc(-c3noc(Cc4ccc(C(F)(F)F)cc4)n3)ccc2n1. The fourth-order valence-electron chi connectivity index (χ4n) is 3.37. The minimum atomic E-state index is -4.36. The summed E-state index contributed by atoms with van der Waals surface area (Å²) >= 11 is 0. The van der Waals surface area contributed by atoms with Gasteiger partial charge in [-0.3, -0.25) is 4.98 Å². The molecule has 5 nitrogen and oxygen atoms in total. The van der Waals surface area contributed by atoms with Crippen LogP contribution >= 0.6 is 0 Å². The molecular weight excluding hydrogens is 407 g/mol. The van der Waals surface area contributed by atoms with Gasteiger partial charge in [0, 0.05) is 22.7 Å². The van der Waals surface area contributed by atoms with E-state index in [-0.39, 0.29) is 6.42 Å². The van der Waals surface area contributed by atoms with Gasteiger partial charge < -0.3 is 9.26 Å². The lowest BCUT2D eigenvalue weighted by molar-refractivity contribution is -0.137. The van der Waals surface area contributed by atoms with Crippen LogP contribution in [0.15, 0.2) is 53.1 Å². The largest absolute Gasteiger partial charge is 0.496 e. The van der Waals surface area contributed by atoms with Gasteiger partial charge in [0.25, 0.3) is 0 Å². The summed E-state index contributed by atoms with van der Waals surface area (Å²) in [7, 11) is 1.62. The standard InChI is InChI=1S/C23H20F3N3O2/c1-3-4-17-13-20(30-2)18-12-15(7-10-19(18)27-17)22-28-21(31-29-22)11-14-5-8-16(9-6-14)23(24,25)26/h5-10,12-13H,3-4,11H2,1-2H3. The number of fused-ring (bicyclic) bond motifs is 1. The van der Waals surface area contributed by atoms with E-state index in [2.05, 4.69) is 22.0 Å². The molecule has 160 valence electrons. The van der Waals surface area contributed by atoms with E-state index in [1.807, 2.05) is 24.3 Å². The predicted molar refractivity (Wildman–Crippen MR) is 110 cm³/mol. The molecule has 0 amide bonds. The number of alkyl halides is 3. The Morgan fingerprint density at radius 3 is 2.45 bits per heavy atom. The fourth-order valence-corrected chi connectivity index (χ4v) is 3.37. The maximum absolute atomic E-state index is 12.7. The first-order chi connectivity index (χ1) is 14.9. The Hall–Kier alpha value is -3.42. The number of hydrogen-bond acceptors (Lipinski definition) is 5. The van der Waals surface area contributed by atoms with Crippen molar-refractivity contribution in [3.63, 3.8) is 0 Å². The van der Waals surface area contributed by atoms with E-state index < -0.39 is 11.7 Å². The lowest BCUT2D eigenvalue weighted by Crippen LogP contribution is -2.04. The first-order valence-electron chi connectivity index (χ1n) is 9.84. The van der Waals surface area contributed by atoms with Crippen molar-refractivity contribution in [2.45, 2.75) is 32.4 Å². The highest BCUT2D eigenvalue weighted by Crippen LogP contribution is 2.31. The molecule has 2 aromatic carbocycles. The van der Waals surface area contributed by atoms with Crippen LogP contribution in [0.1, 0.15) is 36.1 Å². The van der Waals surface area contributed by atoms with Crippen LogP contribution in [-0.4, -0.2) is 22.2 Å². The molecule has 0 fully saturated rings. The number of hydrogen-bond donors (Lipinski definition) is 0. The molecule has 2 heterocycles. The van der Waals surface area contributed by atoms with Crippen LogP contribution in [0.2, 0.25) is 0 Å². The Morgan fingerprint density at radius 1 is 1.00 bits per heavy atom. The minimum Gasteiger partial charge on any atom is -0.496 e. The number of rotatable bonds is 6. The van der Waals surface area contributed by atoms with Crippen molar-refractivity contribution in [3.8, 4) is 17.1 Å². The summed E-state index contributed by atoms with van der Waals surface area (Å²) in [6, 6.07) is 12.5. The minimum absolute atomic E-state index is 0.240. The van der Waals surface area contributed by atoms with Crippen LogP contribution in [0.4, 0.5) is 13.2 Å². The number of methoxy groups -OCH3 is 1. The molecule has 0 aliphatic heterocycles. The molecule has 4 aromatic rings. The zero-order chi connectivity index (χ0) is 22.0. The second-order valence-corrected chi connectivity index (χ2v) is 7.18. The summed E-state index contributed by atoms with van der Waals surface area (Å²) in [5, 5.41) is 4.86. The van der Waals surface area contributed by atoms with Crippen LogP contribution in [0, 0.1) is 0 Å². The number of benzene rings is 2. The molecule has 0 unspecified atom stereocenters. The number of aryl methyl sites for hydroxylation is 1. The smallest absolute Gasteiger partial charge is 0.416 e. The summed E-state index contributed by atoms with van der Waals surface area (Å²) in [6.07, 6.45) is -2.26. The zero-order valence-corrected chi connectivity index (χ0v) is 17.0. The normalized spacial score (nSPS) is 11.8. The van der Waals surface area contributed by atoms with E-state index in [0.29, 0.717) is 17.3 Å². The lowest BCUT2D eigenvalue weighted by Gasteiger charge is -2.09. The number of aromatic nitrogens is 3. The van der Waals surface area contributed by atoms with Gasteiger partial charge in [0.15, 0.2) is 0 Å². The third-order valence-corrected chi connectivity index (χ3v) is 4.91. The number of ether oxygens (including phenoxy) is 1. The van der Waals surface area contributed by atoms with Gasteiger partial charge in [-0.2, -0.15) is 18.2 Å². The Morgan fingerprint density at radius 2 is 1.77 bits per heavy atom. The highest BCUT2D eigenvalue weighted by atomic mass is 19.4. The highest BCUT2D eigenvalue weighted by molar-refractivity contribution is 5.88. The van der Waals surface area contributed by atoms with Crippen LogP contribution < -0.4 is 4.74 Å². The Bertz CT molecular complexity index is 1200. The summed E-state index contributed by atoms with van der Waals surface area (Å²) in [5.41, 5.74) is 2.48. The fraction of sp³-hybridized carbons (Fsp3) is 0.261. The van der Waals surface area contributed by atoms with Crippen LogP contribution in [0.5, 0.6) is 5.75 Å². The second-order valence-electron chi connectivity index (χ2n) is 7.18. The zero-order valence-electron chi connectivity index (χ0n) is 17.0. The molecule has 0 saturated heterocycles. The molecule has 0 N–H and O–H groups in total. The molecule has 0 aliphatic carbocycles. The van der Waals surface area contributed by atoms with Crippen LogP contribution in [-0.2, 0) is 19.0 Å². The molecule has 8 heteroatoms. The van der Waals surface area contributed by atoms with Crippen molar-refractivity contribution in [1.82, 2.24) is 15.1 Å². The van der Waals surface area contributed by atoms with Gasteiger partial charge >= 0.3 is 6.18 Å². The monoisotopic (exact) mass is 427 g/mol. The molecule has 4 rings (SSSR count). The van der Waals surface area contributed by atoms with Gasteiger partial charge in [-0.15, -0.1) is 0 Å². The topological polar surface area (TPSA) is 61.0 Å². The molecule has 0 atom stereocenters. The van der Waals surface area contributed by atoms with Crippen molar-refractivity contribution < 1.29 is 22.4 Å². The third-order valence-electron chi connectivity index (χ3n) is 4.91. The number of nitrogens with zero attached hydrogens (tertiary/aromatic N) is 3. The van der Waals surface area contributed by atoms with Crippen LogP contribution in [0.25, 0.3) is 22.3 Å². The van der Waals surface area contributed by atoms with Crippen molar-refractivity contribution in [2.75, 3.05) is 7.11 Å². The second kappa shape index (κ2) is 8.37. The van der Waals surface area contributed by atoms with Gasteiger partial charge in [0.1, 0.15) is 5.75 Å². The van der Waals surface area contributed by atoms with Gasteiger partial charge in [-0.25, -0.2) is 0 Å². The summed E-state index contributed by atoms with van der Waals surface area (Å²) in [4.78, 5) is 9.06. The van der Waals surface area contributed by atoms with Gasteiger partial charge in [0.2, 0.25) is 11.7 Å². The average Bonchev–Trinajstić information content (AvgIpc) is 3.21. The molecule has 31 heavy (non-hydrogen) atoms. The van der Waals surface area contributed by atoms with E-state index in [4.69, 9.17) is 9.26 Å². The molecule has 0 aliphatic rings. The maximum Gasteiger partial charge on any atom is 0.416 e. The summed E-state index contributed by atoms with van der Waals surface area (Å²) in [6.45, 7) is 2.10. The molecule has 0 saturated carbocycles. The molecule has 2 aromatic heterocycles. The average molecular weight is 427 g/mol. The summed E-state index contributed by atoms with van der Waals surface area (Å²) < 4.78 is 49.0. The number of pyridine rings is 1. The van der Waals surface area contributed by atoms with E-state index in [0.717, 1.165) is 52.9 Å². The highest BCUT2D eigenvalue weighted by Gasteiger charge is 2.30. The van der Waals surface area contributed by atoms with E-state index in [9.17, 15) is 13.2 Å². The first-order valence-corrected chi connectivity index (χ1v) is 9.84. The van der Waals surface area contributed by atoms with E-state index >= 15 is 0 Å². The van der Waals surface area contributed by atoms with E-state index in [1.54, 1.807) is 7.11 Å². The van der Waals surface area contributed by atoms with Crippen LogP contribution in [0.3, 0.4) is 0 Å². The molecule has 0 radical (unpaired) electrons. The predicted octanol–water partition coefficient (Wildman–Crippen LogP) is 5.86. The lowest BCUT2D eigenvalue weighted by atomic mass is 10.1. The number of halogens is 3. The van der Waals surface area contributed by atoms with Gasteiger partial charge in [-0.1, -0.05) is 30.6 Å². The quantitative estimate of drug-likeness (QED) is 0.386. The van der Waals surface area contributed by atoms with Crippen molar-refractivity contribution in [2.24, 2.45) is 0 Å². The summed E-state index contributed by atoms with van der Waals surface area (Å²) in [5.74, 6) is 1.44. The maximum atomic E-state index is 12.7. The third kappa shape index (κ3) is 4.52. The van der Waals surface area contributed by atoms with E-state index in [1.165, 1.54) is 12.1 Å². The van der Waals surface area contributed by atoms with Gasteiger partial charge in [-0.05, 0) is 42.3 Å². The molecular formula is C23H20F3N3O2. The first kappa shape index (κ1) is 20.8. The van der Waals surface area contributed by atoms with Crippen molar-refractivity contribution in [1.29, 1.82) is 0 Å². The Labute approximate surface area is 176 Å².